The van der Waals surface area contributed by atoms with Crippen molar-refractivity contribution in [2.75, 3.05) is 6.54 Å². The van der Waals surface area contributed by atoms with Crippen LogP contribution in [0.25, 0.3) is 0 Å². The van der Waals surface area contributed by atoms with E-state index in [0.29, 0.717) is 0 Å². The Balaban J connectivity index is 1.77. The first kappa shape index (κ1) is 13.5. The van der Waals surface area contributed by atoms with Crippen LogP contribution in [0, 0.1) is 0 Å². The summed E-state index contributed by atoms with van der Waals surface area (Å²) >= 11 is 9.42. The van der Waals surface area contributed by atoms with Crippen molar-refractivity contribution in [1.29, 1.82) is 0 Å². The molecule has 2 aromatic rings. The Morgan fingerprint density at radius 3 is 2.61 bits per heavy atom. The molecule has 1 aromatic carbocycles. The Kier molecular flexibility index (Phi) is 5.17. The van der Waals surface area contributed by atoms with Crippen LogP contribution in [0.2, 0.25) is 5.02 Å². The zero-order valence-corrected chi connectivity index (χ0v) is 12.2. The maximum atomic E-state index is 6.04. The number of nitrogens with zero attached hydrogens (tertiary/aromatic N) is 1. The van der Waals surface area contributed by atoms with Crippen LogP contribution in [-0.4, -0.2) is 11.5 Å². The standard InChI is InChI=1S/C14H14BrClN2/c15-13-2-1-12(9-14(13)16)10-18-8-5-11-3-6-17-7-4-11/h1-4,6-7,9,18H,5,8,10H2. The number of pyridine rings is 1. The third-order valence-electron chi connectivity index (χ3n) is 2.65. The highest BCUT2D eigenvalue weighted by Crippen LogP contribution is 2.22. The molecule has 0 aliphatic heterocycles. The van der Waals surface area contributed by atoms with Gasteiger partial charge in [-0.3, -0.25) is 4.98 Å². The van der Waals surface area contributed by atoms with E-state index in [1.807, 2.05) is 36.7 Å². The molecule has 0 saturated heterocycles. The van der Waals surface area contributed by atoms with E-state index < -0.39 is 0 Å². The summed E-state index contributed by atoms with van der Waals surface area (Å²) in [6, 6.07) is 10.1. The van der Waals surface area contributed by atoms with E-state index in [9.17, 15) is 0 Å². The summed E-state index contributed by atoms with van der Waals surface area (Å²) in [5.41, 5.74) is 2.49. The molecule has 0 aliphatic carbocycles. The van der Waals surface area contributed by atoms with Crippen LogP contribution in [-0.2, 0) is 13.0 Å². The molecule has 0 unspecified atom stereocenters. The van der Waals surface area contributed by atoms with Gasteiger partial charge >= 0.3 is 0 Å². The summed E-state index contributed by atoms with van der Waals surface area (Å²) in [5, 5.41) is 4.16. The Labute approximate surface area is 121 Å². The van der Waals surface area contributed by atoms with Crippen LogP contribution in [0.5, 0.6) is 0 Å². The van der Waals surface area contributed by atoms with Gasteiger partial charge in [-0.1, -0.05) is 17.7 Å². The fourth-order valence-corrected chi connectivity index (χ4v) is 2.11. The first-order valence-electron chi connectivity index (χ1n) is 5.79. The third-order valence-corrected chi connectivity index (χ3v) is 3.89. The summed E-state index contributed by atoms with van der Waals surface area (Å²) in [6.45, 7) is 1.77. The lowest BCUT2D eigenvalue weighted by molar-refractivity contribution is 0.686. The SMILES string of the molecule is Clc1cc(CNCCc2ccncc2)ccc1Br. The molecule has 94 valence electrons. The predicted octanol–water partition coefficient (Wildman–Crippen LogP) is 3.83. The Morgan fingerprint density at radius 2 is 1.89 bits per heavy atom. The van der Waals surface area contributed by atoms with Gasteiger partial charge in [0.2, 0.25) is 0 Å². The normalized spacial score (nSPS) is 10.6. The van der Waals surface area contributed by atoms with Crippen molar-refractivity contribution in [2.24, 2.45) is 0 Å². The Morgan fingerprint density at radius 1 is 1.11 bits per heavy atom. The maximum absolute atomic E-state index is 6.04. The smallest absolute Gasteiger partial charge is 0.0551 e. The minimum Gasteiger partial charge on any atom is -0.312 e. The number of halogens is 2. The van der Waals surface area contributed by atoms with Crippen molar-refractivity contribution in [3.63, 3.8) is 0 Å². The minimum absolute atomic E-state index is 0.753. The van der Waals surface area contributed by atoms with Gasteiger partial charge in [-0.15, -0.1) is 0 Å². The summed E-state index contributed by atoms with van der Waals surface area (Å²) in [6.07, 6.45) is 4.65. The monoisotopic (exact) mass is 324 g/mol. The summed E-state index contributed by atoms with van der Waals surface area (Å²) in [7, 11) is 0. The summed E-state index contributed by atoms with van der Waals surface area (Å²) < 4.78 is 0.935. The van der Waals surface area contributed by atoms with Gasteiger partial charge in [0.25, 0.3) is 0 Å². The number of aromatic nitrogens is 1. The Bertz CT molecular complexity index is 502. The quantitative estimate of drug-likeness (QED) is 0.845. The number of nitrogens with one attached hydrogen (secondary N) is 1. The zero-order chi connectivity index (χ0) is 12.8. The fourth-order valence-electron chi connectivity index (χ4n) is 1.66. The second-order valence-corrected chi connectivity index (χ2v) is 5.29. The predicted molar refractivity (Wildman–Crippen MR) is 78.8 cm³/mol. The van der Waals surface area contributed by atoms with Gasteiger partial charge in [0.1, 0.15) is 0 Å². The number of benzene rings is 1. The van der Waals surface area contributed by atoms with Crippen molar-refractivity contribution in [3.05, 3.63) is 63.3 Å². The van der Waals surface area contributed by atoms with Crippen LogP contribution >= 0.6 is 27.5 Å². The average molecular weight is 326 g/mol. The number of rotatable bonds is 5. The average Bonchev–Trinajstić information content (AvgIpc) is 2.40. The minimum atomic E-state index is 0.753. The highest BCUT2D eigenvalue weighted by molar-refractivity contribution is 9.10. The van der Waals surface area contributed by atoms with Gasteiger partial charge in [0, 0.05) is 23.4 Å². The molecular weight excluding hydrogens is 312 g/mol. The number of hydrogen-bond donors (Lipinski definition) is 1. The van der Waals surface area contributed by atoms with E-state index in [1.54, 1.807) is 0 Å². The zero-order valence-electron chi connectivity index (χ0n) is 9.87. The van der Waals surface area contributed by atoms with E-state index in [0.717, 1.165) is 29.0 Å². The van der Waals surface area contributed by atoms with Gasteiger partial charge in [-0.2, -0.15) is 0 Å². The molecule has 1 heterocycles. The maximum Gasteiger partial charge on any atom is 0.0551 e. The van der Waals surface area contributed by atoms with E-state index in [2.05, 4.69) is 32.3 Å². The lowest BCUT2D eigenvalue weighted by Crippen LogP contribution is -2.16. The molecule has 0 saturated carbocycles. The molecule has 0 spiro atoms. The highest BCUT2D eigenvalue weighted by atomic mass is 79.9. The van der Waals surface area contributed by atoms with Crippen LogP contribution in [0.4, 0.5) is 0 Å². The first-order valence-corrected chi connectivity index (χ1v) is 6.96. The van der Waals surface area contributed by atoms with Crippen molar-refractivity contribution in [2.45, 2.75) is 13.0 Å². The Hall–Kier alpha value is -0.900. The van der Waals surface area contributed by atoms with E-state index in [1.165, 1.54) is 11.1 Å². The molecule has 2 nitrogen and oxygen atoms in total. The lowest BCUT2D eigenvalue weighted by Gasteiger charge is -2.06. The fraction of sp³-hybridized carbons (Fsp3) is 0.214. The highest BCUT2D eigenvalue weighted by Gasteiger charge is 1.99. The molecule has 0 aliphatic rings. The van der Waals surface area contributed by atoms with Crippen molar-refractivity contribution < 1.29 is 0 Å². The third kappa shape index (κ3) is 4.09. The van der Waals surface area contributed by atoms with Gasteiger partial charge in [0.05, 0.1) is 5.02 Å². The molecule has 0 fully saturated rings. The van der Waals surface area contributed by atoms with Crippen LogP contribution < -0.4 is 5.32 Å². The summed E-state index contributed by atoms with van der Waals surface area (Å²) in [5.74, 6) is 0. The molecule has 4 heteroatoms. The lowest BCUT2D eigenvalue weighted by atomic mass is 10.2. The second kappa shape index (κ2) is 6.88. The molecule has 0 radical (unpaired) electrons. The molecule has 2 rings (SSSR count). The summed E-state index contributed by atoms with van der Waals surface area (Å²) in [4.78, 5) is 4.00. The molecular formula is C14H14BrClN2. The molecule has 0 amide bonds. The van der Waals surface area contributed by atoms with E-state index >= 15 is 0 Å². The van der Waals surface area contributed by atoms with Crippen LogP contribution in [0.15, 0.2) is 47.2 Å². The molecule has 1 aromatic heterocycles. The van der Waals surface area contributed by atoms with Gasteiger partial charge < -0.3 is 5.32 Å². The largest absolute Gasteiger partial charge is 0.312 e. The van der Waals surface area contributed by atoms with Gasteiger partial charge in [-0.25, -0.2) is 0 Å². The topological polar surface area (TPSA) is 24.9 Å². The van der Waals surface area contributed by atoms with Gasteiger partial charge in [-0.05, 0) is 64.3 Å². The van der Waals surface area contributed by atoms with Gasteiger partial charge in [0.15, 0.2) is 0 Å². The van der Waals surface area contributed by atoms with Crippen molar-refractivity contribution in [3.8, 4) is 0 Å². The van der Waals surface area contributed by atoms with Crippen molar-refractivity contribution in [1.82, 2.24) is 10.3 Å². The van der Waals surface area contributed by atoms with Crippen LogP contribution in [0.3, 0.4) is 0 Å². The van der Waals surface area contributed by atoms with Crippen LogP contribution in [0.1, 0.15) is 11.1 Å². The van der Waals surface area contributed by atoms with E-state index in [4.69, 9.17) is 11.6 Å². The molecule has 18 heavy (non-hydrogen) atoms. The molecule has 0 atom stereocenters. The molecule has 0 bridgehead atoms. The number of hydrogen-bond acceptors (Lipinski definition) is 2. The van der Waals surface area contributed by atoms with E-state index in [-0.39, 0.29) is 0 Å². The van der Waals surface area contributed by atoms with Crippen molar-refractivity contribution >= 4 is 27.5 Å². The molecule has 1 N–H and O–H groups in total. The first-order chi connectivity index (χ1) is 8.75. The second-order valence-electron chi connectivity index (χ2n) is 4.03.